The van der Waals surface area contributed by atoms with Gasteiger partial charge in [-0.1, -0.05) is 20.8 Å². The van der Waals surface area contributed by atoms with Crippen LogP contribution in [0.4, 0.5) is 11.8 Å². The minimum absolute atomic E-state index is 0.286. The van der Waals surface area contributed by atoms with E-state index in [1.165, 1.54) is 19.3 Å². The summed E-state index contributed by atoms with van der Waals surface area (Å²) in [5, 5.41) is 16.3. The van der Waals surface area contributed by atoms with Gasteiger partial charge in [-0.25, -0.2) is 15.0 Å². The van der Waals surface area contributed by atoms with Crippen LogP contribution in [-0.4, -0.2) is 32.5 Å². The topological polar surface area (TPSA) is 99.4 Å². The Bertz CT molecular complexity index is 912. The Kier molecular flexibility index (Phi) is 5.85. The molecule has 4 rings (SSSR count). The molecular weight excluding hydrogens is 374 g/mol. The predicted octanol–water partition coefficient (Wildman–Crippen LogP) is 4.30. The summed E-state index contributed by atoms with van der Waals surface area (Å²) in [5.74, 6) is 3.42. The fourth-order valence-corrected chi connectivity index (χ4v) is 4.12. The van der Waals surface area contributed by atoms with Crippen LogP contribution in [-0.2, 0) is 6.42 Å². The average Bonchev–Trinajstić information content (AvgIpc) is 3.57. The molecule has 30 heavy (non-hydrogen) atoms. The third-order valence-electron chi connectivity index (χ3n) is 6.67. The Morgan fingerprint density at radius 2 is 1.87 bits per heavy atom. The lowest BCUT2D eigenvalue weighted by molar-refractivity contribution is 0.143. The predicted molar refractivity (Wildman–Crippen MR) is 117 cm³/mol. The second-order valence-electron chi connectivity index (χ2n) is 9.48. The molecule has 2 aliphatic carbocycles. The number of nitrogens with zero attached hydrogens (tertiary/aromatic N) is 5. The van der Waals surface area contributed by atoms with E-state index >= 15 is 0 Å². The van der Waals surface area contributed by atoms with Crippen molar-refractivity contribution in [1.29, 1.82) is 5.26 Å². The van der Waals surface area contributed by atoms with Crippen molar-refractivity contribution in [3.05, 3.63) is 35.5 Å². The van der Waals surface area contributed by atoms with Gasteiger partial charge in [0, 0.05) is 30.9 Å². The van der Waals surface area contributed by atoms with Crippen molar-refractivity contribution < 1.29 is 0 Å². The molecule has 7 heteroatoms. The van der Waals surface area contributed by atoms with E-state index in [4.69, 9.17) is 0 Å². The number of hydrogen-bond acceptors (Lipinski definition) is 7. The molecule has 7 nitrogen and oxygen atoms in total. The number of aromatic nitrogens is 4. The Morgan fingerprint density at radius 3 is 2.53 bits per heavy atom. The maximum Gasteiger partial charge on any atom is 0.224 e. The van der Waals surface area contributed by atoms with Crippen molar-refractivity contribution in [1.82, 2.24) is 19.9 Å². The number of nitrogens with one attached hydrogen (secondary N) is 2. The maximum absolute atomic E-state index is 9.47. The van der Waals surface area contributed by atoms with Crippen LogP contribution in [0.25, 0.3) is 0 Å². The lowest BCUT2D eigenvalue weighted by Crippen LogP contribution is -2.37. The van der Waals surface area contributed by atoms with Crippen molar-refractivity contribution in [3.63, 3.8) is 0 Å². The number of hydrogen-bond donors (Lipinski definition) is 2. The molecule has 2 aromatic heterocycles. The molecular formula is C23H31N7. The van der Waals surface area contributed by atoms with Crippen LogP contribution in [0, 0.1) is 22.7 Å². The first-order chi connectivity index (χ1) is 14.4. The second kappa shape index (κ2) is 8.55. The smallest absolute Gasteiger partial charge is 0.224 e. The van der Waals surface area contributed by atoms with E-state index in [9.17, 15) is 5.26 Å². The first-order valence-corrected chi connectivity index (χ1v) is 11.0. The zero-order valence-electron chi connectivity index (χ0n) is 18.1. The van der Waals surface area contributed by atoms with Gasteiger partial charge in [-0.05, 0) is 55.4 Å². The highest BCUT2D eigenvalue weighted by molar-refractivity contribution is 5.54. The summed E-state index contributed by atoms with van der Waals surface area (Å²) in [5.41, 5.74) is 1.87. The quantitative estimate of drug-likeness (QED) is 0.708. The fraction of sp³-hybridized carbons (Fsp3) is 0.609. The second-order valence-corrected chi connectivity index (χ2v) is 9.48. The molecule has 2 fully saturated rings. The van der Waals surface area contributed by atoms with E-state index < -0.39 is 0 Å². The molecule has 2 aliphatic rings. The third kappa shape index (κ3) is 4.86. The van der Waals surface area contributed by atoms with E-state index in [1.807, 2.05) is 12.4 Å². The molecule has 2 aromatic rings. The average molecular weight is 406 g/mol. The van der Waals surface area contributed by atoms with Crippen molar-refractivity contribution in [2.75, 3.05) is 17.2 Å². The van der Waals surface area contributed by atoms with E-state index in [0.717, 1.165) is 30.7 Å². The number of rotatable bonds is 7. The molecule has 2 N–H and O–H groups in total. The van der Waals surface area contributed by atoms with Gasteiger partial charge in [0.1, 0.15) is 23.3 Å². The van der Waals surface area contributed by atoms with Gasteiger partial charge in [-0.3, -0.25) is 0 Å². The molecule has 0 bridgehead atoms. The lowest BCUT2D eigenvalue weighted by Gasteiger charge is -2.41. The summed E-state index contributed by atoms with van der Waals surface area (Å²) in [4.78, 5) is 17.8. The number of nitriles is 1. The van der Waals surface area contributed by atoms with Crippen molar-refractivity contribution in [2.45, 2.75) is 71.3 Å². The van der Waals surface area contributed by atoms with Gasteiger partial charge in [0.25, 0.3) is 0 Å². The van der Waals surface area contributed by atoms with Gasteiger partial charge in [0.2, 0.25) is 5.95 Å². The van der Waals surface area contributed by atoms with Crippen LogP contribution < -0.4 is 10.6 Å². The van der Waals surface area contributed by atoms with Crippen LogP contribution in [0.5, 0.6) is 0 Å². The summed E-state index contributed by atoms with van der Waals surface area (Å²) in [6, 6.07) is 2.54. The molecule has 0 aromatic carbocycles. The van der Waals surface area contributed by atoms with Crippen LogP contribution in [0.3, 0.4) is 0 Å². The standard InChI is InChI=1S/C23H31N7/c1-15-4-7-19(10-23(15,2)3)29-21-18(11-24)14-28-22(30-21)25-9-8-16-12-26-20(27-13-16)17-5-6-17/h12-15,17,19H,4-10H2,1-3H3,(H2,25,28,29,30)/t15-,19+/m0/s1. The van der Waals surface area contributed by atoms with Crippen LogP contribution >= 0.6 is 0 Å². The fourth-order valence-electron chi connectivity index (χ4n) is 4.12. The summed E-state index contributed by atoms with van der Waals surface area (Å²) in [6.07, 6.45) is 12.0. The van der Waals surface area contributed by atoms with E-state index in [0.29, 0.717) is 41.8 Å². The Morgan fingerprint density at radius 1 is 1.10 bits per heavy atom. The summed E-state index contributed by atoms with van der Waals surface area (Å²) in [6.45, 7) is 7.66. The van der Waals surface area contributed by atoms with Crippen LogP contribution in [0.2, 0.25) is 0 Å². The molecule has 0 saturated heterocycles. The molecule has 0 spiro atoms. The van der Waals surface area contributed by atoms with Gasteiger partial charge in [0.15, 0.2) is 0 Å². The molecule has 2 saturated carbocycles. The minimum Gasteiger partial charge on any atom is -0.366 e. The van der Waals surface area contributed by atoms with Gasteiger partial charge in [0.05, 0.1) is 6.20 Å². The highest BCUT2D eigenvalue weighted by Crippen LogP contribution is 2.41. The Hall–Kier alpha value is -2.75. The summed E-state index contributed by atoms with van der Waals surface area (Å²) < 4.78 is 0. The zero-order chi connectivity index (χ0) is 21.1. The Labute approximate surface area is 178 Å². The monoisotopic (exact) mass is 405 g/mol. The molecule has 0 unspecified atom stereocenters. The van der Waals surface area contributed by atoms with Crippen molar-refractivity contribution >= 4 is 11.8 Å². The molecule has 0 aliphatic heterocycles. The first-order valence-electron chi connectivity index (χ1n) is 11.0. The molecule has 0 amide bonds. The van der Waals surface area contributed by atoms with Gasteiger partial charge >= 0.3 is 0 Å². The molecule has 2 atom stereocenters. The normalized spacial score (nSPS) is 22.9. The van der Waals surface area contributed by atoms with Gasteiger partial charge < -0.3 is 10.6 Å². The largest absolute Gasteiger partial charge is 0.366 e. The minimum atomic E-state index is 0.286. The third-order valence-corrected chi connectivity index (χ3v) is 6.67. The number of anilines is 2. The van der Waals surface area contributed by atoms with E-state index in [-0.39, 0.29) is 5.41 Å². The first kappa shape index (κ1) is 20.5. The van der Waals surface area contributed by atoms with Crippen molar-refractivity contribution in [2.24, 2.45) is 11.3 Å². The zero-order valence-corrected chi connectivity index (χ0v) is 18.1. The van der Waals surface area contributed by atoms with E-state index in [2.05, 4.69) is 57.4 Å². The van der Waals surface area contributed by atoms with Crippen LogP contribution in [0.1, 0.15) is 75.7 Å². The summed E-state index contributed by atoms with van der Waals surface area (Å²) in [7, 11) is 0. The Balaban J connectivity index is 1.35. The highest BCUT2D eigenvalue weighted by Gasteiger charge is 2.34. The van der Waals surface area contributed by atoms with Gasteiger partial charge in [-0.2, -0.15) is 10.2 Å². The maximum atomic E-state index is 9.47. The van der Waals surface area contributed by atoms with Crippen molar-refractivity contribution in [3.8, 4) is 6.07 Å². The lowest BCUT2D eigenvalue weighted by atomic mass is 9.68. The molecule has 2 heterocycles. The van der Waals surface area contributed by atoms with Crippen LogP contribution in [0.15, 0.2) is 18.6 Å². The molecule has 158 valence electrons. The highest BCUT2D eigenvalue weighted by atomic mass is 15.1. The molecule has 0 radical (unpaired) electrons. The SMILES string of the molecule is C[C@H]1CC[C@@H](Nc2nc(NCCc3cnc(C4CC4)nc3)ncc2C#N)CC1(C)C. The van der Waals surface area contributed by atoms with E-state index in [1.54, 1.807) is 6.20 Å². The summed E-state index contributed by atoms with van der Waals surface area (Å²) >= 11 is 0. The van der Waals surface area contributed by atoms with Gasteiger partial charge in [-0.15, -0.1) is 0 Å².